The normalized spacial score (nSPS) is 16.7. The number of hydrogen-bond acceptors (Lipinski definition) is 4. The second kappa shape index (κ2) is 11.1. The molecule has 1 saturated heterocycles. The van der Waals surface area contributed by atoms with E-state index in [9.17, 15) is 9.59 Å². The Bertz CT molecular complexity index is 1250. The van der Waals surface area contributed by atoms with Crippen LogP contribution in [0.1, 0.15) is 41.2 Å². The summed E-state index contributed by atoms with van der Waals surface area (Å²) in [5.74, 6) is 0.237. The number of likely N-dealkylation sites (N-methyl/N-ethyl adjacent to an activating group) is 1. The van der Waals surface area contributed by atoms with Gasteiger partial charge in [-0.05, 0) is 70.1 Å². The van der Waals surface area contributed by atoms with Crippen molar-refractivity contribution in [3.05, 3.63) is 70.8 Å². The molecular weight excluding hydrogens is 462 g/mol. The van der Waals surface area contributed by atoms with Gasteiger partial charge in [-0.1, -0.05) is 35.9 Å². The van der Waals surface area contributed by atoms with Crippen molar-refractivity contribution in [2.75, 3.05) is 39.0 Å². The zero-order valence-electron chi connectivity index (χ0n) is 20.5. The SMILES string of the molecule is Cc1cccc2nc(NC(=O)c3cccc(Cl)c3)n(C3CCCCN(C(=O)C=CCN(C)C)C3)c12. The molecule has 2 amide bonds. The first-order valence-corrected chi connectivity index (χ1v) is 12.4. The first-order chi connectivity index (χ1) is 16.8. The Hall–Kier alpha value is -3.16. The molecule has 8 heteroatoms. The minimum atomic E-state index is -0.269. The fraction of sp³-hybridized carbons (Fsp3) is 0.370. The summed E-state index contributed by atoms with van der Waals surface area (Å²) < 4.78 is 2.11. The molecule has 2 heterocycles. The van der Waals surface area contributed by atoms with Gasteiger partial charge >= 0.3 is 0 Å². The van der Waals surface area contributed by atoms with Crippen molar-refractivity contribution >= 4 is 40.4 Å². The van der Waals surface area contributed by atoms with Gasteiger partial charge in [-0.25, -0.2) is 4.98 Å². The van der Waals surface area contributed by atoms with Gasteiger partial charge in [-0.2, -0.15) is 0 Å². The molecule has 0 saturated carbocycles. The fourth-order valence-corrected chi connectivity index (χ4v) is 4.76. The highest BCUT2D eigenvalue weighted by Crippen LogP contribution is 2.32. The lowest BCUT2D eigenvalue weighted by Crippen LogP contribution is -2.35. The van der Waals surface area contributed by atoms with Crippen molar-refractivity contribution in [1.82, 2.24) is 19.4 Å². The summed E-state index contributed by atoms with van der Waals surface area (Å²) in [4.78, 5) is 34.8. The third kappa shape index (κ3) is 5.92. The van der Waals surface area contributed by atoms with Crippen molar-refractivity contribution in [3.8, 4) is 0 Å². The minimum absolute atomic E-state index is 0.00976. The van der Waals surface area contributed by atoms with Crippen molar-refractivity contribution in [2.45, 2.75) is 32.2 Å². The van der Waals surface area contributed by atoms with Crippen molar-refractivity contribution in [1.29, 1.82) is 0 Å². The number of halogens is 1. The number of fused-ring (bicyclic) bond motifs is 1. The van der Waals surface area contributed by atoms with Crippen LogP contribution in [0, 0.1) is 6.92 Å². The molecule has 1 aliphatic heterocycles. The molecule has 1 atom stereocenters. The van der Waals surface area contributed by atoms with Crippen LogP contribution in [0.5, 0.6) is 0 Å². The van der Waals surface area contributed by atoms with E-state index in [4.69, 9.17) is 16.6 Å². The molecule has 35 heavy (non-hydrogen) atoms. The number of nitrogens with zero attached hydrogens (tertiary/aromatic N) is 4. The van der Waals surface area contributed by atoms with Crippen LogP contribution in [0.15, 0.2) is 54.6 Å². The first kappa shape index (κ1) is 24.9. The number of carbonyl (C=O) groups excluding carboxylic acids is 2. The smallest absolute Gasteiger partial charge is 0.258 e. The number of carbonyl (C=O) groups is 2. The van der Waals surface area contributed by atoms with E-state index < -0.39 is 0 Å². The molecular formula is C27H32ClN5O2. The topological polar surface area (TPSA) is 70.5 Å². The van der Waals surface area contributed by atoms with Gasteiger partial charge in [0.25, 0.3) is 5.91 Å². The van der Waals surface area contributed by atoms with Crippen LogP contribution in [0.3, 0.4) is 0 Å². The number of benzene rings is 2. The first-order valence-electron chi connectivity index (χ1n) is 12.0. The van der Waals surface area contributed by atoms with Crippen LogP contribution in [0.25, 0.3) is 11.0 Å². The minimum Gasteiger partial charge on any atom is -0.337 e. The molecule has 0 bridgehead atoms. The van der Waals surface area contributed by atoms with E-state index in [2.05, 4.69) is 9.88 Å². The summed E-state index contributed by atoms with van der Waals surface area (Å²) >= 11 is 6.10. The Morgan fingerprint density at radius 3 is 2.77 bits per heavy atom. The zero-order chi connectivity index (χ0) is 24.9. The number of rotatable bonds is 6. The quantitative estimate of drug-likeness (QED) is 0.495. The molecule has 1 aromatic heterocycles. The molecule has 2 aromatic carbocycles. The molecule has 1 N–H and O–H groups in total. The summed E-state index contributed by atoms with van der Waals surface area (Å²) in [7, 11) is 3.95. The van der Waals surface area contributed by atoms with Crippen molar-refractivity contribution < 1.29 is 9.59 Å². The van der Waals surface area contributed by atoms with Gasteiger partial charge in [0.05, 0.1) is 17.1 Å². The van der Waals surface area contributed by atoms with E-state index in [0.717, 1.165) is 42.4 Å². The lowest BCUT2D eigenvalue weighted by atomic mass is 10.1. The van der Waals surface area contributed by atoms with Gasteiger partial charge in [-0.15, -0.1) is 0 Å². The van der Waals surface area contributed by atoms with Crippen LogP contribution >= 0.6 is 11.6 Å². The van der Waals surface area contributed by atoms with Gasteiger partial charge in [0.2, 0.25) is 11.9 Å². The molecule has 0 spiro atoms. The second-order valence-electron chi connectivity index (χ2n) is 9.31. The number of imidazole rings is 1. The number of amides is 2. The van der Waals surface area contributed by atoms with Crippen LogP contribution < -0.4 is 5.32 Å². The largest absolute Gasteiger partial charge is 0.337 e. The molecule has 7 nitrogen and oxygen atoms in total. The Morgan fingerprint density at radius 1 is 1.20 bits per heavy atom. The third-order valence-electron chi connectivity index (χ3n) is 6.28. The van der Waals surface area contributed by atoms with Gasteiger partial charge in [0.1, 0.15) is 0 Å². The predicted octanol–water partition coefficient (Wildman–Crippen LogP) is 4.92. The highest BCUT2D eigenvalue weighted by atomic mass is 35.5. The van der Waals surface area contributed by atoms with Crippen molar-refractivity contribution in [3.63, 3.8) is 0 Å². The summed E-state index contributed by atoms with van der Waals surface area (Å²) in [6.45, 7) is 4.04. The van der Waals surface area contributed by atoms with Gasteiger partial charge in [-0.3, -0.25) is 14.9 Å². The number of nitrogens with one attached hydrogen (secondary N) is 1. The summed E-state index contributed by atoms with van der Waals surface area (Å²) in [6, 6.07) is 12.8. The average Bonchev–Trinajstić information content (AvgIpc) is 3.01. The van der Waals surface area contributed by atoms with Crippen LogP contribution in [-0.2, 0) is 4.79 Å². The maximum absolute atomic E-state index is 13.1. The molecule has 1 fully saturated rings. The number of hydrogen-bond donors (Lipinski definition) is 1. The van der Waals surface area contributed by atoms with Gasteiger partial charge in [0, 0.05) is 36.3 Å². The Labute approximate surface area is 211 Å². The number of para-hydroxylation sites is 1. The molecule has 3 aromatic rings. The predicted molar refractivity (Wildman–Crippen MR) is 141 cm³/mol. The van der Waals surface area contributed by atoms with Crippen molar-refractivity contribution in [2.24, 2.45) is 0 Å². The van der Waals surface area contributed by atoms with Crippen LogP contribution in [-0.4, -0.2) is 64.9 Å². The Morgan fingerprint density at radius 2 is 2.00 bits per heavy atom. The molecule has 184 valence electrons. The van der Waals surface area contributed by atoms with Crippen LogP contribution in [0.4, 0.5) is 5.95 Å². The average molecular weight is 494 g/mol. The lowest BCUT2D eigenvalue weighted by Gasteiger charge is -2.26. The number of aryl methyl sites for hydroxylation is 1. The Balaban J connectivity index is 1.68. The van der Waals surface area contributed by atoms with E-state index in [-0.39, 0.29) is 17.9 Å². The standard InChI is InChI=1S/C27H32ClN5O2/c1-19-9-6-13-23-25(19)33(27(29-23)30-26(35)20-10-7-11-21(28)17-20)22-12-4-5-16-32(18-22)24(34)14-8-15-31(2)3/h6-11,13-14,17,22H,4-5,12,15-16,18H2,1-3H3,(H,29,30,35). The third-order valence-corrected chi connectivity index (χ3v) is 6.51. The number of aromatic nitrogens is 2. The molecule has 0 aliphatic carbocycles. The van der Waals surface area contributed by atoms with E-state index >= 15 is 0 Å². The van der Waals surface area contributed by atoms with E-state index in [1.807, 2.05) is 55.1 Å². The molecule has 4 rings (SSSR count). The molecule has 0 radical (unpaired) electrons. The molecule has 1 aliphatic rings. The van der Waals surface area contributed by atoms with E-state index in [1.165, 1.54) is 0 Å². The van der Waals surface area contributed by atoms with E-state index in [0.29, 0.717) is 29.6 Å². The monoisotopic (exact) mass is 493 g/mol. The number of anilines is 1. The van der Waals surface area contributed by atoms with Crippen LogP contribution in [0.2, 0.25) is 5.02 Å². The summed E-state index contributed by atoms with van der Waals surface area (Å²) in [5.41, 5.74) is 3.35. The van der Waals surface area contributed by atoms with E-state index in [1.54, 1.807) is 30.3 Å². The maximum atomic E-state index is 13.1. The van der Waals surface area contributed by atoms with Gasteiger partial charge in [0.15, 0.2) is 0 Å². The fourth-order valence-electron chi connectivity index (χ4n) is 4.57. The molecule has 1 unspecified atom stereocenters. The Kier molecular flexibility index (Phi) is 7.88. The highest BCUT2D eigenvalue weighted by Gasteiger charge is 2.27. The summed E-state index contributed by atoms with van der Waals surface area (Å²) in [5, 5.41) is 3.51. The lowest BCUT2D eigenvalue weighted by molar-refractivity contribution is -0.126. The number of likely N-dealkylation sites (tertiary alicyclic amines) is 1. The summed E-state index contributed by atoms with van der Waals surface area (Å²) in [6.07, 6.45) is 6.39. The zero-order valence-corrected chi connectivity index (χ0v) is 21.3. The highest BCUT2D eigenvalue weighted by molar-refractivity contribution is 6.31. The maximum Gasteiger partial charge on any atom is 0.258 e. The van der Waals surface area contributed by atoms with Gasteiger partial charge < -0.3 is 14.4 Å². The second-order valence-corrected chi connectivity index (χ2v) is 9.75.